The van der Waals surface area contributed by atoms with E-state index in [1.807, 2.05) is 49.4 Å². The van der Waals surface area contributed by atoms with Crippen molar-refractivity contribution >= 4 is 10.9 Å². The first-order valence-electron chi connectivity index (χ1n) is 9.35. The molecule has 0 bridgehead atoms. The van der Waals surface area contributed by atoms with Gasteiger partial charge in [-0.05, 0) is 61.2 Å². The fourth-order valence-electron chi connectivity index (χ4n) is 3.11. The van der Waals surface area contributed by atoms with Crippen molar-refractivity contribution in [3.63, 3.8) is 0 Å². The van der Waals surface area contributed by atoms with Crippen LogP contribution in [0.15, 0.2) is 47.3 Å². The standard InChI is InChI=1S/C22H26N2O4/c1-4-28-18-7-6-16-12-17(22(25)24-19(16)13-18)14-23-10-9-15-5-8-20(26-2)21(11-15)27-3/h5-8,11-13,23H,4,9-10,14H2,1-3H3,(H,24,25). The number of aromatic amines is 1. The van der Waals surface area contributed by atoms with E-state index in [9.17, 15) is 4.79 Å². The Hall–Kier alpha value is -2.99. The molecule has 1 aromatic heterocycles. The SMILES string of the molecule is CCOc1ccc2cc(CNCCc3ccc(OC)c(OC)c3)c(=O)[nH]c2c1. The fraction of sp³-hybridized carbons (Fsp3) is 0.318. The lowest BCUT2D eigenvalue weighted by Crippen LogP contribution is -2.22. The Morgan fingerprint density at radius 2 is 1.82 bits per heavy atom. The highest BCUT2D eigenvalue weighted by Crippen LogP contribution is 2.27. The Morgan fingerprint density at radius 1 is 1.00 bits per heavy atom. The number of nitrogens with one attached hydrogen (secondary N) is 2. The molecule has 0 saturated carbocycles. The minimum absolute atomic E-state index is 0.0836. The van der Waals surface area contributed by atoms with Gasteiger partial charge in [-0.2, -0.15) is 0 Å². The summed E-state index contributed by atoms with van der Waals surface area (Å²) in [6, 6.07) is 13.5. The molecule has 0 saturated heterocycles. The van der Waals surface area contributed by atoms with E-state index in [-0.39, 0.29) is 5.56 Å². The van der Waals surface area contributed by atoms with Crippen molar-refractivity contribution in [2.75, 3.05) is 27.4 Å². The summed E-state index contributed by atoms with van der Waals surface area (Å²) in [4.78, 5) is 15.3. The fourth-order valence-corrected chi connectivity index (χ4v) is 3.11. The first kappa shape index (κ1) is 19.8. The molecule has 3 aromatic rings. The van der Waals surface area contributed by atoms with Gasteiger partial charge in [0.1, 0.15) is 5.75 Å². The van der Waals surface area contributed by atoms with Crippen molar-refractivity contribution < 1.29 is 14.2 Å². The number of ether oxygens (including phenoxy) is 3. The molecule has 6 heteroatoms. The number of benzene rings is 2. The smallest absolute Gasteiger partial charge is 0.252 e. The highest BCUT2D eigenvalue weighted by atomic mass is 16.5. The maximum atomic E-state index is 12.4. The molecule has 0 radical (unpaired) electrons. The van der Waals surface area contributed by atoms with Crippen molar-refractivity contribution in [3.8, 4) is 17.2 Å². The highest BCUT2D eigenvalue weighted by molar-refractivity contribution is 5.80. The van der Waals surface area contributed by atoms with E-state index in [4.69, 9.17) is 14.2 Å². The Bertz CT molecular complexity index is 997. The molecule has 148 valence electrons. The maximum absolute atomic E-state index is 12.4. The Balaban J connectivity index is 1.61. The summed E-state index contributed by atoms with van der Waals surface area (Å²) in [5.41, 5.74) is 2.55. The quantitative estimate of drug-likeness (QED) is 0.556. The molecule has 0 atom stereocenters. The van der Waals surface area contributed by atoms with E-state index in [2.05, 4.69) is 10.3 Å². The van der Waals surface area contributed by atoms with Crippen LogP contribution in [0.5, 0.6) is 17.2 Å². The van der Waals surface area contributed by atoms with Crippen LogP contribution in [0, 0.1) is 0 Å². The van der Waals surface area contributed by atoms with Crippen LogP contribution >= 0.6 is 0 Å². The van der Waals surface area contributed by atoms with Crippen LogP contribution < -0.4 is 25.1 Å². The molecular formula is C22H26N2O4. The number of fused-ring (bicyclic) bond motifs is 1. The topological polar surface area (TPSA) is 72.6 Å². The number of H-pyrrole nitrogens is 1. The van der Waals surface area contributed by atoms with Crippen molar-refractivity contribution in [3.05, 3.63) is 63.9 Å². The average molecular weight is 382 g/mol. The number of methoxy groups -OCH3 is 2. The van der Waals surface area contributed by atoms with Gasteiger partial charge < -0.3 is 24.5 Å². The largest absolute Gasteiger partial charge is 0.494 e. The second-order valence-corrected chi connectivity index (χ2v) is 6.42. The Morgan fingerprint density at radius 3 is 2.57 bits per heavy atom. The van der Waals surface area contributed by atoms with Crippen LogP contribution in [0.1, 0.15) is 18.1 Å². The van der Waals surface area contributed by atoms with E-state index < -0.39 is 0 Å². The lowest BCUT2D eigenvalue weighted by molar-refractivity contribution is 0.340. The summed E-state index contributed by atoms with van der Waals surface area (Å²) in [7, 11) is 3.25. The van der Waals surface area contributed by atoms with Crippen LogP contribution in [-0.4, -0.2) is 32.4 Å². The summed E-state index contributed by atoms with van der Waals surface area (Å²) in [5.74, 6) is 2.19. The Labute approximate surface area is 164 Å². The molecule has 0 aliphatic carbocycles. The summed E-state index contributed by atoms with van der Waals surface area (Å²) >= 11 is 0. The third-order valence-electron chi connectivity index (χ3n) is 4.56. The first-order chi connectivity index (χ1) is 13.6. The molecule has 3 rings (SSSR count). The zero-order valence-electron chi connectivity index (χ0n) is 16.5. The van der Waals surface area contributed by atoms with Gasteiger partial charge in [0.05, 0.1) is 26.3 Å². The lowest BCUT2D eigenvalue weighted by atomic mass is 10.1. The summed E-state index contributed by atoms with van der Waals surface area (Å²) < 4.78 is 16.1. The molecule has 28 heavy (non-hydrogen) atoms. The highest BCUT2D eigenvalue weighted by Gasteiger charge is 2.06. The van der Waals surface area contributed by atoms with Gasteiger partial charge in [0.15, 0.2) is 11.5 Å². The van der Waals surface area contributed by atoms with E-state index in [1.165, 1.54) is 0 Å². The molecule has 1 heterocycles. The predicted molar refractivity (Wildman–Crippen MR) is 111 cm³/mol. The number of hydrogen-bond acceptors (Lipinski definition) is 5. The third-order valence-corrected chi connectivity index (χ3v) is 4.56. The van der Waals surface area contributed by atoms with Gasteiger partial charge in [0.2, 0.25) is 0 Å². The summed E-state index contributed by atoms with van der Waals surface area (Å²) in [6.45, 7) is 3.78. The minimum Gasteiger partial charge on any atom is -0.494 e. The second-order valence-electron chi connectivity index (χ2n) is 6.42. The van der Waals surface area contributed by atoms with Crippen LogP contribution in [0.2, 0.25) is 0 Å². The number of aromatic nitrogens is 1. The third kappa shape index (κ3) is 4.64. The van der Waals surface area contributed by atoms with Crippen LogP contribution in [-0.2, 0) is 13.0 Å². The summed E-state index contributed by atoms with van der Waals surface area (Å²) in [5, 5.41) is 4.32. The van der Waals surface area contributed by atoms with E-state index in [1.54, 1.807) is 14.2 Å². The number of hydrogen-bond donors (Lipinski definition) is 2. The van der Waals surface area contributed by atoms with Crippen molar-refractivity contribution in [1.82, 2.24) is 10.3 Å². The van der Waals surface area contributed by atoms with E-state index in [0.29, 0.717) is 18.7 Å². The first-order valence-corrected chi connectivity index (χ1v) is 9.35. The van der Waals surface area contributed by atoms with E-state index in [0.717, 1.165) is 46.7 Å². The molecule has 0 amide bonds. The van der Waals surface area contributed by atoms with Crippen LogP contribution in [0.3, 0.4) is 0 Å². The summed E-state index contributed by atoms with van der Waals surface area (Å²) in [6.07, 6.45) is 0.823. The number of rotatable bonds is 9. The molecule has 0 unspecified atom stereocenters. The van der Waals surface area contributed by atoms with Crippen molar-refractivity contribution in [2.24, 2.45) is 0 Å². The van der Waals surface area contributed by atoms with Crippen molar-refractivity contribution in [1.29, 1.82) is 0 Å². The Kier molecular flexibility index (Phi) is 6.55. The van der Waals surface area contributed by atoms with Crippen LogP contribution in [0.25, 0.3) is 10.9 Å². The molecule has 0 fully saturated rings. The van der Waals surface area contributed by atoms with Gasteiger partial charge in [-0.3, -0.25) is 4.79 Å². The van der Waals surface area contributed by atoms with Gasteiger partial charge in [-0.25, -0.2) is 0 Å². The second kappa shape index (κ2) is 9.28. The lowest BCUT2D eigenvalue weighted by Gasteiger charge is -2.10. The molecule has 6 nitrogen and oxygen atoms in total. The molecule has 0 spiro atoms. The predicted octanol–water partition coefficient (Wildman–Crippen LogP) is 3.28. The zero-order valence-corrected chi connectivity index (χ0v) is 16.5. The normalized spacial score (nSPS) is 10.8. The molecular weight excluding hydrogens is 356 g/mol. The van der Waals surface area contributed by atoms with Gasteiger partial charge >= 0.3 is 0 Å². The minimum atomic E-state index is -0.0836. The molecule has 2 N–H and O–H groups in total. The van der Waals surface area contributed by atoms with Gasteiger partial charge in [-0.15, -0.1) is 0 Å². The van der Waals surface area contributed by atoms with Gasteiger partial charge in [-0.1, -0.05) is 6.07 Å². The van der Waals surface area contributed by atoms with Crippen molar-refractivity contribution in [2.45, 2.75) is 19.9 Å². The van der Waals surface area contributed by atoms with E-state index >= 15 is 0 Å². The average Bonchev–Trinajstić information content (AvgIpc) is 2.71. The molecule has 0 aliphatic heterocycles. The maximum Gasteiger partial charge on any atom is 0.252 e. The van der Waals surface area contributed by atoms with Gasteiger partial charge in [0, 0.05) is 18.2 Å². The van der Waals surface area contributed by atoms with Gasteiger partial charge in [0.25, 0.3) is 5.56 Å². The number of pyridine rings is 1. The molecule has 0 aliphatic rings. The monoisotopic (exact) mass is 382 g/mol. The van der Waals surface area contributed by atoms with Crippen LogP contribution in [0.4, 0.5) is 0 Å². The zero-order chi connectivity index (χ0) is 19.9. The molecule has 2 aromatic carbocycles.